The van der Waals surface area contributed by atoms with E-state index in [1.165, 1.54) is 27.1 Å². The number of hydrogen-bond acceptors (Lipinski definition) is 2. The van der Waals surface area contributed by atoms with Gasteiger partial charge in [-0.2, -0.15) is 0 Å². The third-order valence-corrected chi connectivity index (χ3v) is 4.12. The highest BCUT2D eigenvalue weighted by Crippen LogP contribution is 2.35. The second kappa shape index (κ2) is 4.81. The summed E-state index contributed by atoms with van der Waals surface area (Å²) in [6, 6.07) is 15.1. The molecule has 1 aromatic heterocycles. The molecule has 4 aromatic rings. The lowest BCUT2D eigenvalue weighted by Crippen LogP contribution is -1.91. The molecule has 102 valence electrons. The van der Waals surface area contributed by atoms with Crippen molar-refractivity contribution < 1.29 is 0 Å². The fraction of sp³-hybridized carbons (Fsp3) is 0.158. The lowest BCUT2D eigenvalue weighted by Gasteiger charge is -2.12. The maximum atomic E-state index is 4.55. The van der Waals surface area contributed by atoms with Crippen molar-refractivity contribution in [2.24, 2.45) is 0 Å². The van der Waals surface area contributed by atoms with Crippen LogP contribution in [0.5, 0.6) is 0 Å². The smallest absolute Gasteiger partial charge is 0.116 e. The Morgan fingerprint density at radius 1 is 0.857 bits per heavy atom. The minimum Gasteiger partial charge on any atom is -0.244 e. The monoisotopic (exact) mass is 272 g/mol. The molecule has 4 rings (SSSR count). The number of aryl methyl sites for hydroxylation is 1. The van der Waals surface area contributed by atoms with Crippen LogP contribution in [0.25, 0.3) is 32.4 Å². The Kier molecular flexibility index (Phi) is 2.81. The van der Waals surface area contributed by atoms with Crippen LogP contribution in [0.1, 0.15) is 18.9 Å². The van der Waals surface area contributed by atoms with E-state index in [4.69, 9.17) is 0 Å². The van der Waals surface area contributed by atoms with Gasteiger partial charge >= 0.3 is 0 Å². The standard InChI is InChI=1S/C19H16N2/c1-2-6-13-7-5-10-15-14-8-3-4-9-16(14)19-17(18(13)15)11-20-12-21-19/h3-5,7-12H,2,6H2,1H3. The first-order valence-corrected chi connectivity index (χ1v) is 7.42. The summed E-state index contributed by atoms with van der Waals surface area (Å²) in [5, 5.41) is 6.26. The van der Waals surface area contributed by atoms with Crippen molar-refractivity contribution in [1.82, 2.24) is 9.97 Å². The van der Waals surface area contributed by atoms with Crippen molar-refractivity contribution in [2.75, 3.05) is 0 Å². The first-order chi connectivity index (χ1) is 10.4. The Morgan fingerprint density at radius 3 is 2.52 bits per heavy atom. The number of benzene rings is 3. The molecule has 2 nitrogen and oxygen atoms in total. The molecule has 0 aliphatic rings. The molecule has 0 saturated carbocycles. The molecule has 0 saturated heterocycles. The highest BCUT2D eigenvalue weighted by atomic mass is 14.8. The lowest BCUT2D eigenvalue weighted by molar-refractivity contribution is 0.930. The van der Waals surface area contributed by atoms with Gasteiger partial charge in [-0.15, -0.1) is 0 Å². The fourth-order valence-electron chi connectivity index (χ4n) is 3.27. The van der Waals surface area contributed by atoms with E-state index in [2.05, 4.69) is 59.4 Å². The maximum absolute atomic E-state index is 4.55. The summed E-state index contributed by atoms with van der Waals surface area (Å²) in [5.41, 5.74) is 2.44. The van der Waals surface area contributed by atoms with Crippen molar-refractivity contribution >= 4 is 32.4 Å². The molecule has 2 heteroatoms. The normalized spacial score (nSPS) is 11.5. The van der Waals surface area contributed by atoms with E-state index in [0.29, 0.717) is 0 Å². The molecule has 0 spiro atoms. The van der Waals surface area contributed by atoms with Gasteiger partial charge in [0.15, 0.2) is 0 Å². The Hall–Kier alpha value is -2.48. The van der Waals surface area contributed by atoms with Crippen LogP contribution in [0.2, 0.25) is 0 Å². The average molecular weight is 272 g/mol. The van der Waals surface area contributed by atoms with Crippen LogP contribution in [-0.4, -0.2) is 9.97 Å². The van der Waals surface area contributed by atoms with Gasteiger partial charge in [-0.1, -0.05) is 55.8 Å². The van der Waals surface area contributed by atoms with Gasteiger partial charge in [0.2, 0.25) is 0 Å². The van der Waals surface area contributed by atoms with E-state index in [1.807, 2.05) is 6.20 Å². The molecular weight excluding hydrogens is 256 g/mol. The minimum atomic E-state index is 1.05. The first-order valence-electron chi connectivity index (χ1n) is 7.42. The van der Waals surface area contributed by atoms with Crippen molar-refractivity contribution in [2.45, 2.75) is 19.8 Å². The molecule has 0 fully saturated rings. The molecular formula is C19H16N2. The highest BCUT2D eigenvalue weighted by molar-refractivity contribution is 6.24. The number of fused-ring (bicyclic) bond motifs is 6. The summed E-state index contributed by atoms with van der Waals surface area (Å²) >= 11 is 0. The minimum absolute atomic E-state index is 1.05. The zero-order valence-electron chi connectivity index (χ0n) is 12.0. The fourth-order valence-corrected chi connectivity index (χ4v) is 3.27. The third-order valence-electron chi connectivity index (χ3n) is 4.12. The summed E-state index contributed by atoms with van der Waals surface area (Å²) < 4.78 is 0. The molecule has 0 bridgehead atoms. The van der Waals surface area contributed by atoms with Crippen LogP contribution < -0.4 is 0 Å². The summed E-state index contributed by atoms with van der Waals surface area (Å²) in [5.74, 6) is 0. The largest absolute Gasteiger partial charge is 0.244 e. The molecule has 0 unspecified atom stereocenters. The summed E-state index contributed by atoms with van der Waals surface area (Å²) in [6.07, 6.45) is 5.82. The van der Waals surface area contributed by atoms with Gasteiger partial charge < -0.3 is 0 Å². The number of aromatic nitrogens is 2. The van der Waals surface area contributed by atoms with Crippen LogP contribution >= 0.6 is 0 Å². The molecule has 0 N–H and O–H groups in total. The molecule has 1 heterocycles. The molecule has 0 atom stereocenters. The molecule has 0 aliphatic heterocycles. The van der Waals surface area contributed by atoms with Gasteiger partial charge in [-0.05, 0) is 28.1 Å². The summed E-state index contributed by atoms with van der Waals surface area (Å²) in [6.45, 7) is 2.22. The van der Waals surface area contributed by atoms with Gasteiger partial charge in [0.1, 0.15) is 6.33 Å². The van der Waals surface area contributed by atoms with Crippen molar-refractivity contribution in [1.29, 1.82) is 0 Å². The van der Waals surface area contributed by atoms with Gasteiger partial charge in [-0.25, -0.2) is 9.97 Å². The topological polar surface area (TPSA) is 25.8 Å². The van der Waals surface area contributed by atoms with Gasteiger partial charge in [0.25, 0.3) is 0 Å². The van der Waals surface area contributed by atoms with Crippen LogP contribution in [0.15, 0.2) is 55.0 Å². The van der Waals surface area contributed by atoms with Crippen molar-refractivity contribution in [3.63, 3.8) is 0 Å². The molecule has 0 amide bonds. The van der Waals surface area contributed by atoms with E-state index < -0.39 is 0 Å². The number of rotatable bonds is 2. The Bertz CT molecular complexity index is 912. The summed E-state index contributed by atoms with van der Waals surface area (Å²) in [7, 11) is 0. The van der Waals surface area contributed by atoms with Crippen LogP contribution in [0.4, 0.5) is 0 Å². The molecule has 3 aromatic carbocycles. The third kappa shape index (κ3) is 1.79. The zero-order chi connectivity index (χ0) is 14.2. The van der Waals surface area contributed by atoms with Crippen LogP contribution in [0.3, 0.4) is 0 Å². The van der Waals surface area contributed by atoms with Gasteiger partial charge in [0, 0.05) is 17.0 Å². The van der Waals surface area contributed by atoms with Crippen molar-refractivity contribution in [3.8, 4) is 0 Å². The zero-order valence-corrected chi connectivity index (χ0v) is 12.0. The quantitative estimate of drug-likeness (QED) is 0.486. The van der Waals surface area contributed by atoms with E-state index in [-0.39, 0.29) is 0 Å². The summed E-state index contributed by atoms with van der Waals surface area (Å²) in [4.78, 5) is 8.81. The second-order valence-electron chi connectivity index (χ2n) is 5.42. The molecule has 0 radical (unpaired) electrons. The van der Waals surface area contributed by atoms with Gasteiger partial charge in [-0.3, -0.25) is 0 Å². The number of hydrogen-bond donors (Lipinski definition) is 0. The van der Waals surface area contributed by atoms with E-state index in [1.54, 1.807) is 6.33 Å². The van der Waals surface area contributed by atoms with E-state index >= 15 is 0 Å². The predicted octanol–water partition coefficient (Wildman–Crippen LogP) is 4.89. The highest BCUT2D eigenvalue weighted by Gasteiger charge is 2.11. The average Bonchev–Trinajstić information content (AvgIpc) is 2.55. The second-order valence-corrected chi connectivity index (χ2v) is 5.42. The Balaban J connectivity index is 2.33. The Morgan fingerprint density at radius 2 is 1.67 bits per heavy atom. The van der Waals surface area contributed by atoms with Crippen LogP contribution in [-0.2, 0) is 6.42 Å². The molecule has 0 aliphatic carbocycles. The maximum Gasteiger partial charge on any atom is 0.116 e. The lowest BCUT2D eigenvalue weighted by atomic mass is 9.93. The van der Waals surface area contributed by atoms with E-state index in [0.717, 1.165) is 23.7 Å². The number of nitrogens with zero attached hydrogens (tertiary/aromatic N) is 2. The van der Waals surface area contributed by atoms with Crippen LogP contribution in [0, 0.1) is 0 Å². The predicted molar refractivity (Wildman–Crippen MR) is 88.5 cm³/mol. The Labute approximate surface area is 123 Å². The van der Waals surface area contributed by atoms with Gasteiger partial charge in [0.05, 0.1) is 5.52 Å². The first kappa shape index (κ1) is 12.3. The van der Waals surface area contributed by atoms with Crippen molar-refractivity contribution in [3.05, 3.63) is 60.6 Å². The van der Waals surface area contributed by atoms with E-state index in [9.17, 15) is 0 Å². The SMILES string of the molecule is CCCc1cccc2c3ccccc3c3ncncc3c12. The molecule has 21 heavy (non-hydrogen) atoms.